The molecule has 0 radical (unpaired) electrons. The van der Waals surface area contributed by atoms with Crippen LogP contribution in [0, 0.1) is 19.3 Å². The number of benzene rings is 1. The fourth-order valence-corrected chi connectivity index (χ4v) is 3.25. The van der Waals surface area contributed by atoms with Gasteiger partial charge in [-0.2, -0.15) is 0 Å². The average molecular weight is 350 g/mol. The molecule has 3 aromatic rings. The van der Waals surface area contributed by atoms with E-state index in [0.29, 0.717) is 0 Å². The van der Waals surface area contributed by atoms with Crippen LogP contribution < -0.4 is 11.1 Å². The summed E-state index contributed by atoms with van der Waals surface area (Å²) in [6, 6.07) is 7.49. The van der Waals surface area contributed by atoms with E-state index in [0.717, 1.165) is 39.0 Å². The van der Waals surface area contributed by atoms with Crippen molar-refractivity contribution in [3.8, 4) is 11.1 Å². The number of rotatable bonds is 3. The molecule has 5 heteroatoms. The minimum Gasteiger partial charge on any atom is -0.346 e. The summed E-state index contributed by atoms with van der Waals surface area (Å²) in [6.07, 6.45) is 3.71. The van der Waals surface area contributed by atoms with Crippen molar-refractivity contribution in [3.05, 3.63) is 47.8 Å². The predicted molar refractivity (Wildman–Crippen MR) is 107 cm³/mol. The zero-order chi connectivity index (χ0) is 19.1. The summed E-state index contributed by atoms with van der Waals surface area (Å²) in [5.74, 6) is -0.166. The van der Waals surface area contributed by atoms with Gasteiger partial charge in [0.15, 0.2) is 0 Å². The zero-order valence-corrected chi connectivity index (χ0v) is 16.0. The van der Waals surface area contributed by atoms with Crippen LogP contribution in [0.4, 0.5) is 5.69 Å². The molecule has 5 nitrogen and oxygen atoms in total. The Hall–Kier alpha value is -2.66. The number of hydrogen-bond donors (Lipinski definition) is 3. The van der Waals surface area contributed by atoms with Gasteiger partial charge < -0.3 is 16.0 Å². The lowest BCUT2D eigenvalue weighted by Gasteiger charge is -2.26. The van der Waals surface area contributed by atoms with Gasteiger partial charge in [0.1, 0.15) is 5.65 Å². The zero-order valence-electron chi connectivity index (χ0n) is 16.0. The molecule has 0 spiro atoms. The second kappa shape index (κ2) is 6.57. The number of nitrogens with zero attached hydrogens (tertiary/aromatic N) is 1. The number of hydrogen-bond acceptors (Lipinski definition) is 3. The lowest BCUT2D eigenvalue weighted by Crippen LogP contribution is -2.45. The van der Waals surface area contributed by atoms with Gasteiger partial charge in [-0.15, -0.1) is 0 Å². The molecule has 0 fully saturated rings. The number of fused-ring (bicyclic) bond motifs is 1. The predicted octanol–water partition coefficient (Wildman–Crippen LogP) is 4.16. The number of aromatic amines is 1. The Bertz CT molecular complexity index is 943. The van der Waals surface area contributed by atoms with Crippen LogP contribution in [0.1, 0.15) is 31.9 Å². The molecular formula is C21H26N4O. The Balaban J connectivity index is 1.97. The summed E-state index contributed by atoms with van der Waals surface area (Å²) < 4.78 is 0. The van der Waals surface area contributed by atoms with E-state index in [-0.39, 0.29) is 11.3 Å². The third-order valence-electron chi connectivity index (χ3n) is 4.75. The second-order valence-corrected chi connectivity index (χ2v) is 7.92. The van der Waals surface area contributed by atoms with E-state index in [1.807, 2.05) is 57.4 Å². The number of pyridine rings is 1. The van der Waals surface area contributed by atoms with E-state index in [1.165, 1.54) is 0 Å². The Morgan fingerprint density at radius 3 is 2.46 bits per heavy atom. The number of H-pyrrole nitrogens is 1. The Morgan fingerprint density at radius 1 is 1.19 bits per heavy atom. The van der Waals surface area contributed by atoms with E-state index < -0.39 is 6.04 Å². The van der Waals surface area contributed by atoms with Gasteiger partial charge in [0.05, 0.1) is 6.04 Å². The molecular weight excluding hydrogens is 324 g/mol. The van der Waals surface area contributed by atoms with Crippen LogP contribution >= 0.6 is 0 Å². The molecule has 26 heavy (non-hydrogen) atoms. The lowest BCUT2D eigenvalue weighted by atomic mass is 9.87. The number of aryl methyl sites for hydroxylation is 2. The van der Waals surface area contributed by atoms with Gasteiger partial charge in [-0.05, 0) is 65.8 Å². The Kier molecular flexibility index (Phi) is 4.59. The molecule has 0 saturated heterocycles. The van der Waals surface area contributed by atoms with Gasteiger partial charge in [0.25, 0.3) is 0 Å². The van der Waals surface area contributed by atoms with Crippen molar-refractivity contribution in [2.45, 2.75) is 40.7 Å². The Labute approximate surface area is 154 Å². The van der Waals surface area contributed by atoms with Crippen molar-refractivity contribution < 1.29 is 4.79 Å². The monoisotopic (exact) mass is 350 g/mol. The van der Waals surface area contributed by atoms with Gasteiger partial charge in [0.2, 0.25) is 5.91 Å². The molecule has 0 aliphatic carbocycles. The normalized spacial score (nSPS) is 13.0. The van der Waals surface area contributed by atoms with E-state index in [2.05, 4.69) is 29.1 Å². The van der Waals surface area contributed by atoms with Crippen molar-refractivity contribution >= 4 is 22.6 Å². The van der Waals surface area contributed by atoms with Gasteiger partial charge in [-0.25, -0.2) is 4.98 Å². The van der Waals surface area contributed by atoms with E-state index in [9.17, 15) is 4.79 Å². The van der Waals surface area contributed by atoms with E-state index >= 15 is 0 Å². The van der Waals surface area contributed by atoms with Crippen molar-refractivity contribution in [2.24, 2.45) is 11.1 Å². The third kappa shape index (κ3) is 3.35. The maximum atomic E-state index is 12.4. The molecule has 3 rings (SSSR count). The number of nitrogens with one attached hydrogen (secondary N) is 2. The minimum absolute atomic E-state index is 0.166. The number of aromatic nitrogens is 2. The number of anilines is 1. The number of nitrogens with two attached hydrogens (primary N) is 1. The standard InChI is InChI=1S/C21H26N4O/c1-12-10-14(25-20(26)18(22)21(3,4)5)11-13(2)17(12)15-6-8-23-19-16(15)7-9-24-19/h6-11,18H,22H2,1-5H3,(H,23,24)(H,25,26)/t18-/m0/s1. The summed E-state index contributed by atoms with van der Waals surface area (Å²) in [6.45, 7) is 9.99. The van der Waals surface area contributed by atoms with Crippen LogP contribution in [-0.2, 0) is 4.79 Å². The van der Waals surface area contributed by atoms with Crippen LogP contribution in [0.3, 0.4) is 0 Å². The number of amides is 1. The average Bonchev–Trinajstić information content (AvgIpc) is 3.02. The molecule has 0 aliphatic rings. The quantitative estimate of drug-likeness (QED) is 0.663. The largest absolute Gasteiger partial charge is 0.346 e. The van der Waals surface area contributed by atoms with E-state index in [4.69, 9.17) is 5.73 Å². The lowest BCUT2D eigenvalue weighted by molar-refractivity contribution is -0.119. The first-order valence-corrected chi connectivity index (χ1v) is 8.78. The van der Waals surface area contributed by atoms with Gasteiger partial charge in [-0.3, -0.25) is 4.79 Å². The van der Waals surface area contributed by atoms with Gasteiger partial charge >= 0.3 is 0 Å². The second-order valence-electron chi connectivity index (χ2n) is 7.92. The smallest absolute Gasteiger partial charge is 0.241 e. The topological polar surface area (TPSA) is 83.8 Å². The summed E-state index contributed by atoms with van der Waals surface area (Å²) in [5, 5.41) is 4.05. The molecule has 1 amide bonds. The summed E-state index contributed by atoms with van der Waals surface area (Å²) in [7, 11) is 0. The molecule has 1 aromatic carbocycles. The van der Waals surface area contributed by atoms with Gasteiger partial charge in [-0.1, -0.05) is 20.8 Å². The molecule has 0 bridgehead atoms. The fourth-order valence-electron chi connectivity index (χ4n) is 3.25. The highest BCUT2D eigenvalue weighted by Gasteiger charge is 2.27. The van der Waals surface area contributed by atoms with E-state index in [1.54, 1.807) is 0 Å². The van der Waals surface area contributed by atoms with Crippen molar-refractivity contribution in [1.82, 2.24) is 9.97 Å². The number of carbonyl (C=O) groups is 1. The molecule has 2 heterocycles. The molecule has 0 saturated carbocycles. The third-order valence-corrected chi connectivity index (χ3v) is 4.75. The van der Waals surface area contributed by atoms with Crippen molar-refractivity contribution in [3.63, 3.8) is 0 Å². The summed E-state index contributed by atoms with van der Waals surface area (Å²) >= 11 is 0. The van der Waals surface area contributed by atoms with Crippen molar-refractivity contribution in [1.29, 1.82) is 0 Å². The first kappa shape index (κ1) is 18.1. The summed E-state index contributed by atoms with van der Waals surface area (Å²) in [5.41, 5.74) is 11.9. The maximum absolute atomic E-state index is 12.4. The molecule has 0 unspecified atom stereocenters. The fraction of sp³-hybridized carbons (Fsp3) is 0.333. The first-order chi connectivity index (χ1) is 12.2. The van der Waals surface area contributed by atoms with Crippen LogP contribution in [0.15, 0.2) is 36.7 Å². The number of carbonyl (C=O) groups excluding carboxylic acids is 1. The molecule has 2 aromatic heterocycles. The SMILES string of the molecule is Cc1cc(NC(=O)[C@H](N)C(C)(C)C)cc(C)c1-c1ccnc2[nH]ccc12. The summed E-state index contributed by atoms with van der Waals surface area (Å²) in [4.78, 5) is 19.9. The first-order valence-electron chi connectivity index (χ1n) is 8.78. The minimum atomic E-state index is -0.567. The van der Waals surface area contributed by atoms with Crippen LogP contribution in [-0.4, -0.2) is 21.9 Å². The highest BCUT2D eigenvalue weighted by Crippen LogP contribution is 2.34. The van der Waals surface area contributed by atoms with Gasteiger partial charge in [0, 0.05) is 23.5 Å². The highest BCUT2D eigenvalue weighted by molar-refractivity contribution is 5.98. The molecule has 136 valence electrons. The van der Waals surface area contributed by atoms with Crippen molar-refractivity contribution in [2.75, 3.05) is 5.32 Å². The Morgan fingerprint density at radius 2 is 1.85 bits per heavy atom. The van der Waals surface area contributed by atoms with Crippen LogP contribution in [0.25, 0.3) is 22.2 Å². The molecule has 0 aliphatic heterocycles. The molecule has 1 atom stereocenters. The maximum Gasteiger partial charge on any atom is 0.241 e. The van der Waals surface area contributed by atoms with Crippen LogP contribution in [0.5, 0.6) is 0 Å². The molecule has 4 N–H and O–H groups in total. The highest BCUT2D eigenvalue weighted by atomic mass is 16.2. The van der Waals surface area contributed by atoms with Crippen LogP contribution in [0.2, 0.25) is 0 Å².